The van der Waals surface area contributed by atoms with Crippen molar-refractivity contribution in [1.82, 2.24) is 14.8 Å². The van der Waals surface area contributed by atoms with Gasteiger partial charge in [-0.25, -0.2) is 0 Å². The van der Waals surface area contributed by atoms with Crippen LogP contribution >= 0.6 is 0 Å². The van der Waals surface area contributed by atoms with Crippen LogP contribution < -0.4 is 0 Å². The fourth-order valence-corrected chi connectivity index (χ4v) is 13.6. The van der Waals surface area contributed by atoms with E-state index in [1.165, 1.54) is 106 Å². The summed E-state index contributed by atoms with van der Waals surface area (Å²) in [7, 11) is 2.12. The zero-order valence-electron chi connectivity index (χ0n) is 41.5. The number of nitrogens with zero attached hydrogens (tertiary/aromatic N) is 3. The molecule has 0 amide bonds. The third-order valence-corrected chi connectivity index (χ3v) is 16.4. The first kappa shape index (κ1) is 45.1. The molecule has 0 bridgehead atoms. The van der Waals surface area contributed by atoms with Gasteiger partial charge < -0.3 is 9.80 Å². The van der Waals surface area contributed by atoms with Crippen LogP contribution in [0.4, 0.5) is 0 Å². The van der Waals surface area contributed by atoms with Crippen molar-refractivity contribution in [2.24, 2.45) is 0 Å². The number of aromatic nitrogens is 1. The van der Waals surface area contributed by atoms with Gasteiger partial charge in [0.15, 0.2) is 0 Å². The van der Waals surface area contributed by atoms with Crippen molar-refractivity contribution in [3.05, 3.63) is 295 Å². The normalized spacial score (nSPS) is 15.7. The Hall–Kier alpha value is -7.06. The van der Waals surface area contributed by atoms with Gasteiger partial charge in [-0.3, -0.25) is 4.98 Å². The van der Waals surface area contributed by atoms with Gasteiger partial charge in [-0.15, -0.1) is 22.3 Å². The Balaban J connectivity index is 0.00000517. The number of rotatable bonds is 6. The molecule has 2 heterocycles. The maximum absolute atomic E-state index is 5.34. The Bertz CT molecular complexity index is 3570. The summed E-state index contributed by atoms with van der Waals surface area (Å²) in [5.41, 5.74) is 27.1. The molecule has 4 heteroatoms. The largest absolute Gasteiger partial charge is 0.511 e. The van der Waals surface area contributed by atoms with Crippen LogP contribution in [-0.4, -0.2) is 21.8 Å². The quantitative estimate of drug-likeness (QED) is 0.155. The molecule has 0 saturated heterocycles. The molecular formula is C67H54N3Pt-3. The van der Waals surface area contributed by atoms with Crippen molar-refractivity contribution < 1.29 is 21.1 Å². The third kappa shape index (κ3) is 5.85. The van der Waals surface area contributed by atoms with Gasteiger partial charge in [0.05, 0.1) is 16.6 Å². The van der Waals surface area contributed by atoms with Crippen LogP contribution in [0.15, 0.2) is 176 Å². The molecule has 0 atom stereocenters. The average Bonchev–Trinajstić information content (AvgIpc) is 4.11. The summed E-state index contributed by atoms with van der Waals surface area (Å²) in [6.45, 7) is 18.0. The minimum absolute atomic E-state index is 0. The van der Waals surface area contributed by atoms with Gasteiger partial charge in [0.1, 0.15) is 0 Å². The number of benzene rings is 8. The molecule has 3 aliphatic carbocycles. The predicted octanol–water partition coefficient (Wildman–Crippen LogP) is 14.7. The fraction of sp³-hybridized carbons (Fsp3) is 0.164. The van der Waals surface area contributed by atoms with E-state index >= 15 is 0 Å². The monoisotopic (exact) mass is 1100 g/mol. The van der Waals surface area contributed by atoms with E-state index < -0.39 is 16.4 Å². The Morgan fingerprint density at radius 1 is 0.408 bits per heavy atom. The molecule has 0 N–H and O–H groups in total. The number of hydrogen-bond donors (Lipinski definition) is 0. The van der Waals surface area contributed by atoms with Crippen LogP contribution in [0.5, 0.6) is 0 Å². The molecule has 4 aliphatic rings. The van der Waals surface area contributed by atoms with Crippen LogP contribution in [0.3, 0.4) is 0 Å². The molecule has 13 rings (SSSR count). The van der Waals surface area contributed by atoms with E-state index in [4.69, 9.17) is 4.98 Å². The first-order chi connectivity index (χ1) is 34.0. The summed E-state index contributed by atoms with van der Waals surface area (Å²) in [5.74, 6) is 0. The van der Waals surface area contributed by atoms with E-state index in [0.29, 0.717) is 0 Å². The van der Waals surface area contributed by atoms with E-state index in [1.54, 1.807) is 0 Å². The molecular weight excluding hydrogens is 1040 g/mol. The minimum Gasteiger partial charge on any atom is -0.511 e. The van der Waals surface area contributed by atoms with Crippen LogP contribution in [0, 0.1) is 67.3 Å². The number of pyridine rings is 1. The Kier molecular flexibility index (Phi) is 10.3. The maximum Gasteiger partial charge on any atom is 0.0686 e. The van der Waals surface area contributed by atoms with Crippen molar-refractivity contribution in [3.63, 3.8) is 0 Å². The molecule has 0 fully saturated rings. The number of fused-ring (bicyclic) bond motifs is 9. The van der Waals surface area contributed by atoms with Crippen LogP contribution in [-0.2, 0) is 37.4 Å². The summed E-state index contributed by atoms with van der Waals surface area (Å²) in [5, 5.41) is 0. The Labute approximate surface area is 433 Å². The van der Waals surface area contributed by atoms with E-state index in [0.717, 1.165) is 27.9 Å². The second-order valence-electron chi connectivity index (χ2n) is 20.4. The Morgan fingerprint density at radius 3 is 1.17 bits per heavy atom. The molecule has 3 nitrogen and oxygen atoms in total. The number of aryl methyl sites for hydroxylation is 7. The summed E-state index contributed by atoms with van der Waals surface area (Å²) < 4.78 is 0. The fourth-order valence-electron chi connectivity index (χ4n) is 13.6. The van der Waals surface area contributed by atoms with Gasteiger partial charge in [-0.2, -0.15) is 55.2 Å². The maximum atomic E-state index is 5.34. The first-order valence-corrected chi connectivity index (χ1v) is 24.7. The molecule has 0 unspecified atom stereocenters. The summed E-state index contributed by atoms with van der Waals surface area (Å²) in [4.78, 5) is 9.92. The van der Waals surface area contributed by atoms with Crippen LogP contribution in [0.25, 0.3) is 33.4 Å². The van der Waals surface area contributed by atoms with Crippen molar-refractivity contribution in [2.45, 2.75) is 64.8 Å². The second-order valence-corrected chi connectivity index (χ2v) is 20.4. The zero-order chi connectivity index (χ0) is 47.8. The van der Waals surface area contributed by atoms with E-state index in [1.807, 2.05) is 6.20 Å². The average molecular weight is 1100 g/mol. The summed E-state index contributed by atoms with van der Waals surface area (Å²) in [6.07, 6.45) is 6.38. The standard InChI is InChI=1S/C67H54N3.Pt/c1-41-33-34-68-58(37-41)66(54-29-11-19-44(4)61(54)62-45(5)20-12-30-55(62)66)50-25-15-23-48(38-50)65(52-27-9-17-42(2)59(52)60-43(3)18-10-28-53(60)65)49-24-16-26-51(39-49)67(70-36-35-69(8)40-70)56-31-13-21-46(6)63(56)64-47(7)22-14-32-57(64)67;/h9-37,40H,1-8H3;/q-3;. The third-order valence-electron chi connectivity index (χ3n) is 16.4. The topological polar surface area (TPSA) is 19.4 Å². The zero-order valence-corrected chi connectivity index (χ0v) is 43.8. The predicted molar refractivity (Wildman–Crippen MR) is 284 cm³/mol. The van der Waals surface area contributed by atoms with E-state index in [9.17, 15) is 0 Å². The van der Waals surface area contributed by atoms with Crippen molar-refractivity contribution in [1.29, 1.82) is 0 Å². The summed E-state index contributed by atoms with van der Waals surface area (Å²) >= 11 is 0. The van der Waals surface area contributed by atoms with Gasteiger partial charge in [-0.05, 0) is 186 Å². The SMILES string of the molecule is Cc1ccnc(C2(c3[c-]c(C4(c5[c-]c(C6(N7C=CN(C)[CH-]7)c7cccc(C)c7-c7c(C)cccc76)ccc5)c5cccc(C)c5-c5c(C)cccc54)ccc3)c3cccc(C)c3-c3c(C)cccc32)c1.[Pt]. The van der Waals surface area contributed by atoms with Crippen molar-refractivity contribution in [3.8, 4) is 33.4 Å². The summed E-state index contributed by atoms with van der Waals surface area (Å²) in [6, 6.07) is 68.2. The molecule has 1 aromatic heterocycles. The molecule has 71 heavy (non-hydrogen) atoms. The van der Waals surface area contributed by atoms with Gasteiger partial charge in [0.2, 0.25) is 0 Å². The molecule has 9 aromatic rings. The molecule has 1 aliphatic heterocycles. The molecule has 8 aromatic carbocycles. The van der Waals surface area contributed by atoms with E-state index in [2.05, 4.69) is 254 Å². The van der Waals surface area contributed by atoms with Crippen LogP contribution in [0.2, 0.25) is 0 Å². The van der Waals surface area contributed by atoms with Gasteiger partial charge >= 0.3 is 0 Å². The van der Waals surface area contributed by atoms with Crippen molar-refractivity contribution in [2.75, 3.05) is 7.05 Å². The van der Waals surface area contributed by atoms with Gasteiger partial charge in [0.25, 0.3) is 0 Å². The smallest absolute Gasteiger partial charge is 0.0686 e. The number of hydrogen-bond acceptors (Lipinski definition) is 3. The molecule has 350 valence electrons. The minimum atomic E-state index is -0.814. The second kappa shape index (κ2) is 16.2. The molecule has 0 spiro atoms. The molecule has 0 radical (unpaired) electrons. The van der Waals surface area contributed by atoms with Gasteiger partial charge in [0, 0.05) is 32.7 Å². The Morgan fingerprint density at radius 2 is 0.761 bits per heavy atom. The van der Waals surface area contributed by atoms with Crippen LogP contribution in [0.1, 0.15) is 100 Å². The van der Waals surface area contributed by atoms with Crippen molar-refractivity contribution >= 4 is 0 Å². The van der Waals surface area contributed by atoms with E-state index in [-0.39, 0.29) is 21.1 Å². The molecule has 0 saturated carbocycles. The first-order valence-electron chi connectivity index (χ1n) is 24.7. The van der Waals surface area contributed by atoms with Gasteiger partial charge in [-0.1, -0.05) is 109 Å².